The Bertz CT molecular complexity index is 570. The summed E-state index contributed by atoms with van der Waals surface area (Å²) in [6.07, 6.45) is 3.55. The van der Waals surface area contributed by atoms with Gasteiger partial charge in [0.2, 0.25) is 5.95 Å². The van der Waals surface area contributed by atoms with Gasteiger partial charge in [-0.25, -0.2) is 9.97 Å². The van der Waals surface area contributed by atoms with Crippen molar-refractivity contribution in [3.63, 3.8) is 0 Å². The maximum Gasteiger partial charge on any atom is 0.225 e. The highest BCUT2D eigenvalue weighted by Crippen LogP contribution is 2.18. The van der Waals surface area contributed by atoms with Gasteiger partial charge in [-0.2, -0.15) is 0 Å². The van der Waals surface area contributed by atoms with Crippen molar-refractivity contribution >= 4 is 11.9 Å². The summed E-state index contributed by atoms with van der Waals surface area (Å²) < 4.78 is 5.56. The van der Waals surface area contributed by atoms with Gasteiger partial charge in [-0.15, -0.1) is 0 Å². The van der Waals surface area contributed by atoms with E-state index in [0.29, 0.717) is 5.96 Å². The number of piperazine rings is 1. The first-order valence-electron chi connectivity index (χ1n) is 8.96. The molecule has 0 spiro atoms. The van der Waals surface area contributed by atoms with Crippen LogP contribution in [0.5, 0.6) is 0 Å². The molecular formula is C17H29N7O. The van der Waals surface area contributed by atoms with E-state index in [1.54, 1.807) is 12.4 Å². The number of hydrogen-bond acceptors (Lipinski definition) is 6. The van der Waals surface area contributed by atoms with Crippen molar-refractivity contribution in [2.45, 2.75) is 19.4 Å². The second-order valence-corrected chi connectivity index (χ2v) is 7.11. The zero-order chi connectivity index (χ0) is 17.7. The quantitative estimate of drug-likeness (QED) is 0.607. The smallest absolute Gasteiger partial charge is 0.225 e. The van der Waals surface area contributed by atoms with Gasteiger partial charge in [0.25, 0.3) is 0 Å². The minimum atomic E-state index is 0.0733. The number of ether oxygens (including phenoxy) is 1. The lowest BCUT2D eigenvalue weighted by atomic mass is 10.0. The van der Waals surface area contributed by atoms with Crippen LogP contribution in [0.1, 0.15) is 13.8 Å². The molecule has 3 rings (SSSR count). The summed E-state index contributed by atoms with van der Waals surface area (Å²) in [6.45, 7) is 12.0. The topological polar surface area (TPSA) is 83.1 Å². The van der Waals surface area contributed by atoms with Crippen molar-refractivity contribution in [1.29, 1.82) is 0 Å². The van der Waals surface area contributed by atoms with E-state index in [1.165, 1.54) is 0 Å². The molecule has 8 heteroatoms. The van der Waals surface area contributed by atoms with Crippen LogP contribution >= 0.6 is 0 Å². The fourth-order valence-corrected chi connectivity index (χ4v) is 3.28. The van der Waals surface area contributed by atoms with Crippen molar-refractivity contribution < 1.29 is 4.74 Å². The molecular weight excluding hydrogens is 318 g/mol. The molecule has 0 aliphatic carbocycles. The molecule has 0 saturated carbocycles. The third-order valence-corrected chi connectivity index (χ3v) is 4.90. The van der Waals surface area contributed by atoms with Gasteiger partial charge < -0.3 is 20.3 Å². The molecule has 1 aromatic rings. The lowest BCUT2D eigenvalue weighted by molar-refractivity contribution is -0.0491. The van der Waals surface area contributed by atoms with Crippen LogP contribution in [0.3, 0.4) is 0 Å². The molecule has 2 saturated heterocycles. The highest BCUT2D eigenvalue weighted by atomic mass is 16.5. The van der Waals surface area contributed by atoms with Crippen LogP contribution in [0.25, 0.3) is 0 Å². The third kappa shape index (κ3) is 4.58. The Hall–Kier alpha value is -1.93. The van der Waals surface area contributed by atoms with Gasteiger partial charge in [0, 0.05) is 57.2 Å². The molecule has 3 heterocycles. The van der Waals surface area contributed by atoms with Gasteiger partial charge in [-0.1, -0.05) is 0 Å². The summed E-state index contributed by atoms with van der Waals surface area (Å²) in [7, 11) is 0. The van der Waals surface area contributed by atoms with Crippen LogP contribution < -0.4 is 10.6 Å². The van der Waals surface area contributed by atoms with Crippen molar-refractivity contribution in [1.82, 2.24) is 19.8 Å². The van der Waals surface area contributed by atoms with Crippen LogP contribution in [0.2, 0.25) is 0 Å². The van der Waals surface area contributed by atoms with Gasteiger partial charge in [0.15, 0.2) is 5.96 Å². The molecule has 0 atom stereocenters. The Morgan fingerprint density at radius 3 is 2.60 bits per heavy atom. The molecule has 2 aliphatic heterocycles. The number of nitrogens with zero attached hydrogens (tertiary/aromatic N) is 6. The van der Waals surface area contributed by atoms with Crippen LogP contribution in [0.4, 0.5) is 5.95 Å². The Labute approximate surface area is 149 Å². The number of rotatable bonds is 4. The molecule has 2 fully saturated rings. The summed E-state index contributed by atoms with van der Waals surface area (Å²) >= 11 is 0. The van der Waals surface area contributed by atoms with Crippen LogP contribution in [0, 0.1) is 0 Å². The summed E-state index contributed by atoms with van der Waals surface area (Å²) in [4.78, 5) is 20.0. The first kappa shape index (κ1) is 17.9. The molecule has 138 valence electrons. The van der Waals surface area contributed by atoms with Crippen LogP contribution in [0.15, 0.2) is 23.5 Å². The van der Waals surface area contributed by atoms with Crippen LogP contribution in [-0.2, 0) is 4.74 Å². The normalized spacial score (nSPS) is 22.2. The van der Waals surface area contributed by atoms with E-state index in [4.69, 9.17) is 10.5 Å². The van der Waals surface area contributed by atoms with Crippen molar-refractivity contribution in [2.75, 3.05) is 63.9 Å². The second-order valence-electron chi connectivity index (χ2n) is 7.11. The van der Waals surface area contributed by atoms with Crippen LogP contribution in [-0.4, -0.2) is 90.3 Å². The highest BCUT2D eigenvalue weighted by molar-refractivity contribution is 5.78. The molecule has 2 N–H and O–H groups in total. The number of aromatic nitrogens is 2. The predicted octanol–water partition coefficient (Wildman–Crippen LogP) is 0.0241. The number of hydrogen-bond donors (Lipinski definition) is 1. The molecule has 25 heavy (non-hydrogen) atoms. The predicted molar refractivity (Wildman–Crippen MR) is 98.8 cm³/mol. The summed E-state index contributed by atoms with van der Waals surface area (Å²) in [5.41, 5.74) is 6.27. The molecule has 0 unspecified atom stereocenters. The van der Waals surface area contributed by atoms with Crippen molar-refractivity contribution in [2.24, 2.45) is 10.7 Å². The maximum absolute atomic E-state index is 6.20. The minimum absolute atomic E-state index is 0.0733. The van der Waals surface area contributed by atoms with E-state index in [2.05, 4.69) is 43.5 Å². The second kappa shape index (κ2) is 7.97. The van der Waals surface area contributed by atoms with Crippen molar-refractivity contribution in [3.8, 4) is 0 Å². The number of nitrogens with two attached hydrogens (primary N) is 1. The van der Waals surface area contributed by atoms with Gasteiger partial charge in [0.1, 0.15) is 0 Å². The summed E-state index contributed by atoms with van der Waals surface area (Å²) in [6, 6.07) is 1.83. The SMILES string of the molecule is CC1(C)COCCN1CCN=C(N)N1CCN(c2ncccn2)CC1. The van der Waals surface area contributed by atoms with Crippen molar-refractivity contribution in [3.05, 3.63) is 18.5 Å². The van der Waals surface area contributed by atoms with E-state index in [1.807, 2.05) is 6.07 Å². The highest BCUT2D eigenvalue weighted by Gasteiger charge is 2.29. The number of guanidine groups is 1. The third-order valence-electron chi connectivity index (χ3n) is 4.90. The van der Waals surface area contributed by atoms with E-state index >= 15 is 0 Å². The fraction of sp³-hybridized carbons (Fsp3) is 0.706. The molecule has 2 aliphatic rings. The number of anilines is 1. The zero-order valence-corrected chi connectivity index (χ0v) is 15.3. The van der Waals surface area contributed by atoms with Gasteiger partial charge >= 0.3 is 0 Å². The van der Waals surface area contributed by atoms with Gasteiger partial charge in [-0.3, -0.25) is 9.89 Å². The number of aliphatic imine (C=N–C) groups is 1. The molecule has 0 aromatic carbocycles. The summed E-state index contributed by atoms with van der Waals surface area (Å²) in [5.74, 6) is 1.42. The molecule has 0 radical (unpaired) electrons. The van der Waals surface area contributed by atoms with E-state index < -0.39 is 0 Å². The zero-order valence-electron chi connectivity index (χ0n) is 15.3. The van der Waals surface area contributed by atoms with E-state index in [-0.39, 0.29) is 5.54 Å². The Morgan fingerprint density at radius 1 is 1.20 bits per heavy atom. The first-order valence-corrected chi connectivity index (χ1v) is 8.96. The average Bonchev–Trinajstić information content (AvgIpc) is 2.64. The fourth-order valence-electron chi connectivity index (χ4n) is 3.28. The minimum Gasteiger partial charge on any atom is -0.378 e. The average molecular weight is 347 g/mol. The number of morpholine rings is 1. The first-order chi connectivity index (χ1) is 12.1. The van der Waals surface area contributed by atoms with E-state index in [9.17, 15) is 0 Å². The van der Waals surface area contributed by atoms with E-state index in [0.717, 1.165) is 65.0 Å². The standard InChI is InChI=1S/C17H29N7O/c1-17(2)14-25-13-12-24(17)7-6-19-15(18)22-8-10-23(11-9-22)16-20-4-3-5-21-16/h3-5H,6-14H2,1-2H3,(H2,18,19). The van der Waals surface area contributed by atoms with Gasteiger partial charge in [-0.05, 0) is 19.9 Å². The monoisotopic (exact) mass is 347 g/mol. The summed E-state index contributed by atoms with van der Waals surface area (Å²) in [5, 5.41) is 0. The Balaban J connectivity index is 1.46. The molecule has 1 aromatic heterocycles. The molecule has 0 bridgehead atoms. The lowest BCUT2D eigenvalue weighted by Crippen LogP contribution is -2.54. The molecule has 8 nitrogen and oxygen atoms in total. The van der Waals surface area contributed by atoms with Gasteiger partial charge in [0.05, 0.1) is 19.8 Å². The lowest BCUT2D eigenvalue weighted by Gasteiger charge is -2.42. The molecule has 0 amide bonds. The Kier molecular flexibility index (Phi) is 5.70. The maximum atomic E-state index is 6.20. The Morgan fingerprint density at radius 2 is 1.92 bits per heavy atom. The largest absolute Gasteiger partial charge is 0.378 e.